The summed E-state index contributed by atoms with van der Waals surface area (Å²) in [6.07, 6.45) is 3.92. The van der Waals surface area contributed by atoms with E-state index < -0.39 is 0 Å². The van der Waals surface area contributed by atoms with Gasteiger partial charge in [-0.25, -0.2) is 0 Å². The first-order chi connectivity index (χ1) is 13.6. The summed E-state index contributed by atoms with van der Waals surface area (Å²) in [5.74, 6) is 1.86. The fourth-order valence-corrected chi connectivity index (χ4v) is 3.99. The summed E-state index contributed by atoms with van der Waals surface area (Å²) >= 11 is 0. The minimum absolute atomic E-state index is 0.0161. The SMILES string of the molecule is CCNC(=NCC1(c2ccccc2OC)CC1)N1CCC(C(=O)OCC)CC1. The van der Waals surface area contributed by atoms with E-state index >= 15 is 0 Å². The Hall–Kier alpha value is -2.24. The van der Waals surface area contributed by atoms with Gasteiger partial charge in [0.25, 0.3) is 0 Å². The quantitative estimate of drug-likeness (QED) is 0.443. The number of carbonyl (C=O) groups is 1. The molecule has 2 aliphatic rings. The highest BCUT2D eigenvalue weighted by Crippen LogP contribution is 2.51. The third-order valence-corrected chi connectivity index (χ3v) is 5.81. The summed E-state index contributed by atoms with van der Waals surface area (Å²) in [7, 11) is 1.73. The van der Waals surface area contributed by atoms with Gasteiger partial charge in [-0.1, -0.05) is 18.2 Å². The highest BCUT2D eigenvalue weighted by atomic mass is 16.5. The predicted molar refractivity (Wildman–Crippen MR) is 111 cm³/mol. The molecule has 1 aromatic rings. The second-order valence-corrected chi connectivity index (χ2v) is 7.66. The van der Waals surface area contributed by atoms with E-state index in [1.807, 2.05) is 19.1 Å². The normalized spacial score (nSPS) is 19.2. The lowest BCUT2D eigenvalue weighted by atomic mass is 9.95. The maximum atomic E-state index is 12.0. The van der Waals surface area contributed by atoms with Crippen molar-refractivity contribution in [3.8, 4) is 5.75 Å². The second-order valence-electron chi connectivity index (χ2n) is 7.66. The molecule has 1 aromatic carbocycles. The van der Waals surface area contributed by atoms with Crippen LogP contribution in [0.3, 0.4) is 0 Å². The Bertz CT molecular complexity index is 692. The second kappa shape index (κ2) is 9.30. The van der Waals surface area contributed by atoms with Gasteiger partial charge in [-0.15, -0.1) is 0 Å². The first-order valence-electron chi connectivity index (χ1n) is 10.5. The van der Waals surface area contributed by atoms with E-state index in [1.165, 1.54) is 5.56 Å². The van der Waals surface area contributed by atoms with Crippen molar-refractivity contribution in [3.05, 3.63) is 29.8 Å². The van der Waals surface area contributed by atoms with Crippen LogP contribution in [0.25, 0.3) is 0 Å². The Morgan fingerprint density at radius 3 is 2.57 bits per heavy atom. The molecule has 3 rings (SSSR count). The average Bonchev–Trinajstić information content (AvgIpc) is 3.52. The number of rotatable bonds is 7. The predicted octanol–water partition coefficient (Wildman–Crippen LogP) is 2.97. The summed E-state index contributed by atoms with van der Waals surface area (Å²) < 4.78 is 10.8. The lowest BCUT2D eigenvalue weighted by molar-refractivity contribution is -0.149. The number of hydrogen-bond acceptors (Lipinski definition) is 4. The number of ether oxygens (including phenoxy) is 2. The number of nitrogens with zero attached hydrogens (tertiary/aromatic N) is 2. The smallest absolute Gasteiger partial charge is 0.309 e. The number of benzene rings is 1. The molecule has 0 atom stereocenters. The van der Waals surface area contributed by atoms with Crippen molar-refractivity contribution in [2.45, 2.75) is 44.9 Å². The minimum Gasteiger partial charge on any atom is -0.496 e. The summed E-state index contributed by atoms with van der Waals surface area (Å²) in [6, 6.07) is 8.29. The number of methoxy groups -OCH3 is 1. The molecule has 1 N–H and O–H groups in total. The molecular formula is C22H33N3O3. The molecule has 1 heterocycles. The van der Waals surface area contributed by atoms with Crippen molar-refractivity contribution in [1.82, 2.24) is 10.2 Å². The van der Waals surface area contributed by atoms with Crippen LogP contribution < -0.4 is 10.1 Å². The lowest BCUT2D eigenvalue weighted by Gasteiger charge is -2.33. The largest absolute Gasteiger partial charge is 0.496 e. The number of likely N-dealkylation sites (tertiary alicyclic amines) is 1. The molecule has 1 saturated carbocycles. The van der Waals surface area contributed by atoms with E-state index in [1.54, 1.807) is 7.11 Å². The van der Waals surface area contributed by atoms with Gasteiger partial charge in [0.2, 0.25) is 0 Å². The highest BCUT2D eigenvalue weighted by molar-refractivity contribution is 5.80. The number of hydrogen-bond donors (Lipinski definition) is 1. The molecular weight excluding hydrogens is 354 g/mol. The van der Waals surface area contributed by atoms with Gasteiger partial charge < -0.3 is 19.7 Å². The van der Waals surface area contributed by atoms with Gasteiger partial charge in [-0.2, -0.15) is 0 Å². The van der Waals surface area contributed by atoms with Gasteiger partial charge in [0, 0.05) is 30.6 Å². The Morgan fingerprint density at radius 2 is 1.96 bits per heavy atom. The van der Waals surface area contributed by atoms with Crippen LogP contribution in [0.15, 0.2) is 29.3 Å². The Balaban J connectivity index is 1.66. The number of esters is 1. The molecule has 0 radical (unpaired) electrons. The van der Waals surface area contributed by atoms with Crippen LogP contribution in [-0.2, 0) is 14.9 Å². The minimum atomic E-state index is -0.0582. The lowest BCUT2D eigenvalue weighted by Crippen LogP contribution is -2.47. The van der Waals surface area contributed by atoms with Gasteiger partial charge in [-0.3, -0.25) is 9.79 Å². The summed E-state index contributed by atoms with van der Waals surface area (Å²) in [5.41, 5.74) is 1.36. The van der Waals surface area contributed by atoms with Crippen molar-refractivity contribution < 1.29 is 14.3 Å². The van der Waals surface area contributed by atoms with Crippen LogP contribution >= 0.6 is 0 Å². The standard InChI is InChI=1S/C22H33N3O3/c1-4-23-21(25-14-10-17(11-15-25)20(26)28-5-2)24-16-22(12-13-22)18-8-6-7-9-19(18)27-3/h6-9,17H,4-5,10-16H2,1-3H3,(H,23,24). The van der Waals surface area contributed by atoms with Gasteiger partial charge in [-0.05, 0) is 45.6 Å². The third-order valence-electron chi connectivity index (χ3n) is 5.81. The van der Waals surface area contributed by atoms with Crippen molar-refractivity contribution in [2.24, 2.45) is 10.9 Å². The van der Waals surface area contributed by atoms with Crippen LogP contribution in [0.5, 0.6) is 5.75 Å². The first kappa shape index (κ1) is 20.5. The van der Waals surface area contributed by atoms with Crippen molar-refractivity contribution >= 4 is 11.9 Å². The molecule has 0 spiro atoms. The van der Waals surface area contributed by atoms with E-state index in [9.17, 15) is 4.79 Å². The summed E-state index contributed by atoms with van der Waals surface area (Å²) in [6.45, 7) is 7.65. The molecule has 6 heteroatoms. The molecule has 0 aromatic heterocycles. The highest BCUT2D eigenvalue weighted by Gasteiger charge is 2.46. The Morgan fingerprint density at radius 1 is 1.25 bits per heavy atom. The molecule has 0 unspecified atom stereocenters. The number of aliphatic imine (C=N–C) groups is 1. The molecule has 28 heavy (non-hydrogen) atoms. The van der Waals surface area contributed by atoms with Crippen molar-refractivity contribution in [2.75, 3.05) is 39.9 Å². The number of piperidine rings is 1. The van der Waals surface area contributed by atoms with E-state index in [0.29, 0.717) is 6.61 Å². The number of guanidine groups is 1. The van der Waals surface area contributed by atoms with Crippen molar-refractivity contribution in [3.63, 3.8) is 0 Å². The van der Waals surface area contributed by atoms with Crippen LogP contribution in [0, 0.1) is 5.92 Å². The molecule has 1 aliphatic heterocycles. The zero-order chi connectivity index (χ0) is 20.0. The molecule has 0 bridgehead atoms. The van der Waals surface area contributed by atoms with E-state index in [0.717, 1.165) is 63.6 Å². The molecule has 1 aliphatic carbocycles. The number of nitrogens with one attached hydrogen (secondary N) is 1. The van der Waals surface area contributed by atoms with E-state index in [4.69, 9.17) is 14.5 Å². The van der Waals surface area contributed by atoms with Crippen LogP contribution in [0.2, 0.25) is 0 Å². The van der Waals surface area contributed by atoms with Gasteiger partial charge in [0.15, 0.2) is 5.96 Å². The molecule has 6 nitrogen and oxygen atoms in total. The molecule has 0 amide bonds. The van der Waals surface area contributed by atoms with Crippen LogP contribution in [-0.4, -0.2) is 56.7 Å². The van der Waals surface area contributed by atoms with Crippen LogP contribution in [0.1, 0.15) is 45.1 Å². The fourth-order valence-electron chi connectivity index (χ4n) is 3.99. The molecule has 154 valence electrons. The maximum absolute atomic E-state index is 12.0. The van der Waals surface area contributed by atoms with Gasteiger partial charge in [0.1, 0.15) is 5.75 Å². The molecule has 2 fully saturated rings. The van der Waals surface area contributed by atoms with Gasteiger partial charge >= 0.3 is 5.97 Å². The average molecular weight is 388 g/mol. The summed E-state index contributed by atoms with van der Waals surface area (Å²) in [4.78, 5) is 19.2. The fraction of sp³-hybridized carbons (Fsp3) is 0.636. The number of carbonyl (C=O) groups excluding carboxylic acids is 1. The Kier molecular flexibility index (Phi) is 6.81. The van der Waals surface area contributed by atoms with Gasteiger partial charge in [0.05, 0.1) is 26.2 Å². The monoisotopic (exact) mass is 387 g/mol. The Labute approximate surface area is 168 Å². The maximum Gasteiger partial charge on any atom is 0.309 e. The zero-order valence-corrected chi connectivity index (χ0v) is 17.4. The number of para-hydroxylation sites is 1. The van der Waals surface area contributed by atoms with E-state index in [2.05, 4.69) is 29.3 Å². The third kappa shape index (κ3) is 4.59. The zero-order valence-electron chi connectivity index (χ0n) is 17.4. The first-order valence-corrected chi connectivity index (χ1v) is 10.5. The topological polar surface area (TPSA) is 63.2 Å². The van der Waals surface area contributed by atoms with E-state index in [-0.39, 0.29) is 17.3 Å². The summed E-state index contributed by atoms with van der Waals surface area (Å²) in [5, 5.41) is 3.43. The molecule has 1 saturated heterocycles. The van der Waals surface area contributed by atoms with Crippen LogP contribution in [0.4, 0.5) is 0 Å². The van der Waals surface area contributed by atoms with Crippen molar-refractivity contribution in [1.29, 1.82) is 0 Å².